The Kier molecular flexibility index (Phi) is 11.8. The maximum absolute atomic E-state index is 14.6. The highest BCUT2D eigenvalue weighted by Gasteiger charge is 2.61. The lowest BCUT2D eigenvalue weighted by Gasteiger charge is -2.46. The molecule has 0 saturated carbocycles. The van der Waals surface area contributed by atoms with Gasteiger partial charge in [-0.05, 0) is 11.6 Å². The van der Waals surface area contributed by atoms with Gasteiger partial charge in [0.05, 0.1) is 30.4 Å². The molecular weight excluding hydrogens is 703 g/mol. The SMILES string of the molecule is CC(=O)N[C@H]1[C@H]([C@H](O)[C@H](O)COC(=O)CCC(=O)NCCC(=O)N2Cc3ccccc3-c3c(nnn3C)-c3ccccc32)OC(O)(C(=O)O)C(F)[C@@H]1O. The van der Waals surface area contributed by atoms with Crippen LogP contribution in [0.15, 0.2) is 48.5 Å². The fourth-order valence-electron chi connectivity index (χ4n) is 6.24. The summed E-state index contributed by atoms with van der Waals surface area (Å²) in [4.78, 5) is 63.2. The molecule has 18 nitrogen and oxygen atoms in total. The van der Waals surface area contributed by atoms with E-state index in [1.807, 2.05) is 42.5 Å². The zero-order valence-corrected chi connectivity index (χ0v) is 28.6. The van der Waals surface area contributed by atoms with Crippen LogP contribution in [0.2, 0.25) is 0 Å². The van der Waals surface area contributed by atoms with Gasteiger partial charge in [0.15, 0.2) is 6.17 Å². The van der Waals surface area contributed by atoms with Crippen LogP contribution in [0, 0.1) is 0 Å². The van der Waals surface area contributed by atoms with Crippen molar-refractivity contribution in [3.8, 4) is 22.5 Å². The Hall–Kier alpha value is -5.34. The molecule has 5 rings (SSSR count). The number of aryl methyl sites for hydroxylation is 1. The number of ether oxygens (including phenoxy) is 2. The molecule has 3 amide bonds. The van der Waals surface area contributed by atoms with Crippen molar-refractivity contribution >= 4 is 35.3 Å². The Morgan fingerprint density at radius 3 is 2.43 bits per heavy atom. The van der Waals surface area contributed by atoms with Gasteiger partial charge < -0.3 is 50.5 Å². The van der Waals surface area contributed by atoms with Crippen LogP contribution >= 0.6 is 0 Å². The van der Waals surface area contributed by atoms with Crippen molar-refractivity contribution in [2.24, 2.45) is 7.05 Å². The van der Waals surface area contributed by atoms with E-state index < -0.39 is 79.2 Å². The number of hydrogen-bond donors (Lipinski definition) is 7. The Morgan fingerprint density at radius 1 is 1.06 bits per heavy atom. The molecule has 7 atom stereocenters. The van der Waals surface area contributed by atoms with Crippen molar-refractivity contribution in [1.82, 2.24) is 25.6 Å². The lowest BCUT2D eigenvalue weighted by atomic mass is 9.87. The summed E-state index contributed by atoms with van der Waals surface area (Å²) in [7, 11) is 1.80. The van der Waals surface area contributed by atoms with Gasteiger partial charge in [0.1, 0.15) is 36.7 Å². The molecule has 0 spiro atoms. The number of rotatable bonds is 12. The number of aliphatic carboxylic acids is 1. The zero-order chi connectivity index (χ0) is 38.6. The topological polar surface area (TPSA) is 263 Å². The van der Waals surface area contributed by atoms with Crippen molar-refractivity contribution in [3.05, 3.63) is 54.1 Å². The summed E-state index contributed by atoms with van der Waals surface area (Å²) in [6.45, 7) is 0.229. The summed E-state index contributed by atoms with van der Waals surface area (Å²) in [5.74, 6) is -8.60. The van der Waals surface area contributed by atoms with Gasteiger partial charge in [-0.15, -0.1) is 5.10 Å². The monoisotopic (exact) mass is 742 g/mol. The minimum Gasteiger partial charge on any atom is -0.477 e. The number of esters is 1. The van der Waals surface area contributed by atoms with Crippen LogP contribution in [0.4, 0.5) is 10.1 Å². The standard InChI is InChI=1S/C34H39FN6O12/c1-17(42)37-27-30(48)32(35)34(51,33(49)50)53-31(27)29(47)22(43)16-52-25(46)12-11-23(44)36-14-13-24(45)41-15-18-7-3-4-8-19(18)28-26(38-39-40(28)2)20-9-5-6-10-21(20)41/h3-10,22,27,29-32,43,47-48,51H,11-16H2,1-2H3,(H,36,44)(H,37,42)(H,49,50)/t22-,27-,29-,30-,31-,32?,34?/m1/s1. The maximum Gasteiger partial charge on any atom is 0.367 e. The number of alkyl halides is 1. The fraction of sp³-hybridized carbons (Fsp3) is 0.441. The van der Waals surface area contributed by atoms with Gasteiger partial charge in [0, 0.05) is 44.5 Å². The first-order valence-electron chi connectivity index (χ1n) is 16.5. The summed E-state index contributed by atoms with van der Waals surface area (Å²) in [6.07, 6.45) is -12.6. The highest BCUT2D eigenvalue weighted by atomic mass is 19.1. The summed E-state index contributed by atoms with van der Waals surface area (Å²) >= 11 is 0. The molecule has 2 unspecified atom stereocenters. The van der Waals surface area contributed by atoms with E-state index in [1.165, 1.54) is 0 Å². The number of carboxylic acids is 1. The van der Waals surface area contributed by atoms with E-state index in [2.05, 4.69) is 20.9 Å². The van der Waals surface area contributed by atoms with Crippen LogP contribution in [-0.4, -0.2) is 126 Å². The van der Waals surface area contributed by atoms with Gasteiger partial charge in [0.2, 0.25) is 17.7 Å². The molecule has 3 heterocycles. The number of aliphatic hydroxyl groups excluding tert-OH is 3. The molecule has 2 aliphatic heterocycles. The van der Waals surface area contributed by atoms with Crippen LogP contribution < -0.4 is 15.5 Å². The number of aromatic nitrogens is 3. The number of nitrogens with zero attached hydrogens (tertiary/aromatic N) is 4. The Bertz CT molecular complexity index is 1870. The molecule has 1 saturated heterocycles. The quantitative estimate of drug-likeness (QED) is 0.109. The molecular formula is C34H39FN6O12. The Morgan fingerprint density at radius 2 is 1.74 bits per heavy atom. The smallest absolute Gasteiger partial charge is 0.367 e. The van der Waals surface area contributed by atoms with Crippen molar-refractivity contribution in [2.75, 3.05) is 18.1 Å². The van der Waals surface area contributed by atoms with Gasteiger partial charge in [-0.25, -0.2) is 13.9 Å². The van der Waals surface area contributed by atoms with E-state index in [0.29, 0.717) is 16.9 Å². The average molecular weight is 743 g/mol. The lowest BCUT2D eigenvalue weighted by molar-refractivity contribution is -0.320. The molecule has 53 heavy (non-hydrogen) atoms. The second kappa shape index (κ2) is 16.1. The number of aliphatic hydroxyl groups is 4. The first-order valence-corrected chi connectivity index (χ1v) is 16.5. The maximum atomic E-state index is 14.6. The molecule has 19 heteroatoms. The number of nitrogens with one attached hydrogen (secondary N) is 2. The van der Waals surface area contributed by atoms with Gasteiger partial charge in [0.25, 0.3) is 0 Å². The van der Waals surface area contributed by atoms with E-state index in [0.717, 1.165) is 23.7 Å². The van der Waals surface area contributed by atoms with E-state index in [-0.39, 0.29) is 31.8 Å². The van der Waals surface area contributed by atoms with Crippen LogP contribution in [0.5, 0.6) is 0 Å². The fourth-order valence-corrected chi connectivity index (χ4v) is 6.24. The summed E-state index contributed by atoms with van der Waals surface area (Å²) in [5, 5.41) is 64.0. The minimum atomic E-state index is -3.64. The number of halogens is 1. The molecule has 1 aromatic heterocycles. The second-order valence-corrected chi connectivity index (χ2v) is 12.6. The van der Waals surface area contributed by atoms with Crippen LogP contribution in [0.1, 0.15) is 31.7 Å². The predicted molar refractivity (Wildman–Crippen MR) is 179 cm³/mol. The molecule has 1 fully saturated rings. The molecule has 3 aromatic rings. The number of carbonyl (C=O) groups is 5. The number of para-hydroxylation sites is 1. The number of anilines is 1. The molecule has 2 aliphatic rings. The third-order valence-electron chi connectivity index (χ3n) is 8.93. The van der Waals surface area contributed by atoms with Gasteiger partial charge >= 0.3 is 17.7 Å². The highest BCUT2D eigenvalue weighted by Crippen LogP contribution is 2.40. The average Bonchev–Trinajstić information content (AvgIpc) is 3.51. The zero-order valence-electron chi connectivity index (χ0n) is 28.6. The number of benzene rings is 2. The number of hydrogen-bond acceptors (Lipinski definition) is 13. The van der Waals surface area contributed by atoms with Crippen molar-refractivity contribution < 1.29 is 63.4 Å². The first-order chi connectivity index (χ1) is 25.1. The third kappa shape index (κ3) is 8.18. The van der Waals surface area contributed by atoms with Crippen LogP contribution in [0.3, 0.4) is 0 Å². The van der Waals surface area contributed by atoms with Crippen molar-refractivity contribution in [1.29, 1.82) is 0 Å². The molecule has 0 aliphatic carbocycles. The minimum absolute atomic E-state index is 0.0561. The van der Waals surface area contributed by atoms with Crippen molar-refractivity contribution in [3.63, 3.8) is 0 Å². The number of amides is 3. The Balaban J connectivity index is 1.13. The predicted octanol–water partition coefficient (Wildman–Crippen LogP) is -1.08. The molecule has 284 valence electrons. The summed E-state index contributed by atoms with van der Waals surface area (Å²) in [5.41, 5.74) is 4.51. The Labute approximate surface area is 301 Å². The third-order valence-corrected chi connectivity index (χ3v) is 8.93. The van der Waals surface area contributed by atoms with E-state index in [4.69, 9.17) is 9.47 Å². The van der Waals surface area contributed by atoms with Gasteiger partial charge in [-0.1, -0.05) is 47.7 Å². The van der Waals surface area contributed by atoms with E-state index >= 15 is 0 Å². The molecule has 7 N–H and O–H groups in total. The molecule has 0 radical (unpaired) electrons. The van der Waals surface area contributed by atoms with E-state index in [1.54, 1.807) is 22.7 Å². The van der Waals surface area contributed by atoms with Gasteiger partial charge in [-0.2, -0.15) is 0 Å². The number of carbonyl (C=O) groups excluding carboxylic acids is 4. The summed E-state index contributed by atoms with van der Waals surface area (Å²) in [6, 6.07) is 13.1. The number of carboxylic acid groups (broad SMARTS) is 1. The van der Waals surface area contributed by atoms with Gasteiger partial charge in [-0.3, -0.25) is 19.2 Å². The summed E-state index contributed by atoms with van der Waals surface area (Å²) < 4.78 is 26.0. The number of fused-ring (bicyclic) bond motifs is 5. The second-order valence-electron chi connectivity index (χ2n) is 12.6. The lowest BCUT2D eigenvalue weighted by Crippen LogP contribution is -2.72. The van der Waals surface area contributed by atoms with Crippen LogP contribution in [-0.2, 0) is 47.0 Å². The molecule has 2 aromatic carbocycles. The highest BCUT2D eigenvalue weighted by molar-refractivity contribution is 6.00. The van der Waals surface area contributed by atoms with Crippen molar-refractivity contribution in [2.45, 2.75) is 75.1 Å². The van der Waals surface area contributed by atoms with Crippen LogP contribution in [0.25, 0.3) is 22.5 Å². The normalized spacial score (nSPS) is 23.2. The molecule has 0 bridgehead atoms. The largest absolute Gasteiger partial charge is 0.477 e. The first kappa shape index (κ1) is 38.9. The van der Waals surface area contributed by atoms with E-state index in [9.17, 15) is 53.9 Å².